The van der Waals surface area contributed by atoms with E-state index >= 15 is 0 Å². The third-order valence-electron chi connectivity index (χ3n) is 8.97. The van der Waals surface area contributed by atoms with Crippen molar-refractivity contribution in [1.82, 2.24) is 34.8 Å². The standard InChI is InChI=1S/C37H46FN7O4/c1-25(39-5)33(46)42-32(37(2,3)4)35(48)45-22-30(49-24-27-10-7-6-8-11-27)20-29(45)21-43(19-16-26-12-14-28(38)15-13-26)34(47)31-23-44-18-9-17-40-36(44)41-31/h6-15,17-18,23,25,29-30,32,39H,16,19-22,24H2,1-5H3,(H,42,46). The predicted molar refractivity (Wildman–Crippen MR) is 184 cm³/mol. The number of carbonyl (C=O) groups is 3. The molecule has 0 saturated carbocycles. The van der Waals surface area contributed by atoms with Crippen LogP contribution in [0.2, 0.25) is 0 Å². The van der Waals surface area contributed by atoms with E-state index < -0.39 is 23.5 Å². The Labute approximate surface area is 286 Å². The quantitative estimate of drug-likeness (QED) is 0.221. The molecule has 12 heteroatoms. The van der Waals surface area contributed by atoms with Gasteiger partial charge in [-0.1, -0.05) is 63.2 Å². The van der Waals surface area contributed by atoms with Gasteiger partial charge in [-0.05, 0) is 61.6 Å². The first kappa shape index (κ1) is 35.6. The molecule has 0 bridgehead atoms. The van der Waals surface area contributed by atoms with Crippen LogP contribution in [0, 0.1) is 11.2 Å². The predicted octanol–water partition coefficient (Wildman–Crippen LogP) is 3.88. The van der Waals surface area contributed by atoms with Crippen molar-refractivity contribution >= 4 is 23.5 Å². The van der Waals surface area contributed by atoms with Crippen LogP contribution in [0.1, 0.15) is 55.7 Å². The number of likely N-dealkylation sites (tertiary alicyclic amines) is 1. The van der Waals surface area contributed by atoms with Gasteiger partial charge in [0.15, 0.2) is 0 Å². The molecule has 0 spiro atoms. The van der Waals surface area contributed by atoms with Crippen LogP contribution in [-0.2, 0) is 27.4 Å². The van der Waals surface area contributed by atoms with Gasteiger partial charge in [0.2, 0.25) is 17.6 Å². The van der Waals surface area contributed by atoms with Crippen LogP contribution in [0.3, 0.4) is 0 Å². The van der Waals surface area contributed by atoms with Crippen molar-refractivity contribution in [3.8, 4) is 0 Å². The first-order valence-electron chi connectivity index (χ1n) is 16.7. The van der Waals surface area contributed by atoms with E-state index in [9.17, 15) is 18.8 Å². The lowest BCUT2D eigenvalue weighted by Gasteiger charge is -2.37. The van der Waals surface area contributed by atoms with Crippen molar-refractivity contribution in [2.45, 2.75) is 71.4 Å². The molecule has 49 heavy (non-hydrogen) atoms. The van der Waals surface area contributed by atoms with Gasteiger partial charge >= 0.3 is 0 Å². The molecule has 1 saturated heterocycles. The Hall–Kier alpha value is -4.68. The van der Waals surface area contributed by atoms with Crippen molar-refractivity contribution < 1.29 is 23.5 Å². The first-order chi connectivity index (χ1) is 23.4. The number of likely N-dealkylation sites (N-methyl/N-ethyl adjacent to an activating group) is 1. The topological polar surface area (TPSA) is 121 Å². The van der Waals surface area contributed by atoms with Crippen molar-refractivity contribution in [1.29, 1.82) is 0 Å². The van der Waals surface area contributed by atoms with E-state index in [0.717, 1.165) is 11.1 Å². The molecule has 3 amide bonds. The number of nitrogens with zero attached hydrogens (tertiary/aromatic N) is 5. The van der Waals surface area contributed by atoms with Crippen LogP contribution in [0.5, 0.6) is 0 Å². The molecule has 2 aromatic heterocycles. The number of benzene rings is 2. The summed E-state index contributed by atoms with van der Waals surface area (Å²) in [5.41, 5.74) is 1.51. The number of ether oxygens (including phenoxy) is 1. The van der Waals surface area contributed by atoms with Crippen molar-refractivity contribution in [2.24, 2.45) is 5.41 Å². The molecule has 1 aliphatic heterocycles. The smallest absolute Gasteiger partial charge is 0.274 e. The maximum absolute atomic E-state index is 14.5. The number of fused-ring (bicyclic) bond motifs is 1. The zero-order valence-electron chi connectivity index (χ0n) is 28.8. The summed E-state index contributed by atoms with van der Waals surface area (Å²) >= 11 is 0. The number of rotatable bonds is 13. The van der Waals surface area contributed by atoms with Crippen LogP contribution in [-0.4, -0.2) is 92.8 Å². The molecule has 2 aromatic carbocycles. The summed E-state index contributed by atoms with van der Waals surface area (Å²) in [6.07, 6.45) is 5.69. The van der Waals surface area contributed by atoms with Gasteiger partial charge in [-0.15, -0.1) is 0 Å². The Morgan fingerprint density at radius 1 is 1.06 bits per heavy atom. The molecule has 1 aliphatic rings. The molecule has 4 unspecified atom stereocenters. The summed E-state index contributed by atoms with van der Waals surface area (Å²) in [6.45, 7) is 8.69. The first-order valence-corrected chi connectivity index (χ1v) is 16.7. The summed E-state index contributed by atoms with van der Waals surface area (Å²) in [4.78, 5) is 53.9. The lowest BCUT2D eigenvalue weighted by atomic mass is 9.85. The summed E-state index contributed by atoms with van der Waals surface area (Å²) in [5.74, 6) is -0.754. The third kappa shape index (κ3) is 9.07. The fourth-order valence-electron chi connectivity index (χ4n) is 5.98. The van der Waals surface area contributed by atoms with Gasteiger partial charge in [0.25, 0.3) is 5.91 Å². The molecule has 11 nitrogen and oxygen atoms in total. The molecule has 5 rings (SSSR count). The minimum atomic E-state index is -0.820. The Balaban J connectivity index is 1.44. The summed E-state index contributed by atoms with van der Waals surface area (Å²) in [5, 5.41) is 5.92. The van der Waals surface area contributed by atoms with Gasteiger partial charge in [-0.2, -0.15) is 0 Å². The molecule has 1 fully saturated rings. The van der Waals surface area contributed by atoms with E-state index in [4.69, 9.17) is 4.74 Å². The molecule has 4 aromatic rings. The maximum Gasteiger partial charge on any atom is 0.274 e. The monoisotopic (exact) mass is 671 g/mol. The van der Waals surface area contributed by atoms with Gasteiger partial charge in [-0.25, -0.2) is 14.4 Å². The van der Waals surface area contributed by atoms with Crippen LogP contribution in [0.4, 0.5) is 4.39 Å². The third-order valence-corrected chi connectivity index (χ3v) is 8.97. The van der Waals surface area contributed by atoms with Gasteiger partial charge in [0.05, 0.1) is 24.8 Å². The minimum absolute atomic E-state index is 0.204. The summed E-state index contributed by atoms with van der Waals surface area (Å²) < 4.78 is 21.7. The number of hydrogen-bond donors (Lipinski definition) is 2. The van der Waals surface area contributed by atoms with Crippen molar-refractivity contribution in [2.75, 3.05) is 26.7 Å². The molecule has 2 N–H and O–H groups in total. The highest BCUT2D eigenvalue weighted by atomic mass is 19.1. The highest BCUT2D eigenvalue weighted by molar-refractivity contribution is 5.93. The van der Waals surface area contributed by atoms with Gasteiger partial charge < -0.3 is 25.2 Å². The van der Waals surface area contributed by atoms with E-state index in [0.29, 0.717) is 38.3 Å². The highest BCUT2D eigenvalue weighted by Crippen LogP contribution is 2.29. The average Bonchev–Trinajstić information content (AvgIpc) is 3.72. The zero-order valence-corrected chi connectivity index (χ0v) is 28.8. The fraction of sp³-hybridized carbons (Fsp3) is 0.432. The Kier molecular flexibility index (Phi) is 11.4. The fourth-order valence-corrected chi connectivity index (χ4v) is 5.98. The summed E-state index contributed by atoms with van der Waals surface area (Å²) in [7, 11) is 1.69. The van der Waals surface area contributed by atoms with Crippen LogP contribution in [0.25, 0.3) is 5.78 Å². The van der Waals surface area contributed by atoms with Crippen LogP contribution < -0.4 is 10.6 Å². The number of aromatic nitrogens is 3. The van der Waals surface area contributed by atoms with E-state index in [1.807, 2.05) is 51.1 Å². The lowest BCUT2D eigenvalue weighted by Crippen LogP contribution is -2.59. The maximum atomic E-state index is 14.5. The molecule has 0 radical (unpaired) electrons. The Morgan fingerprint density at radius 2 is 1.80 bits per heavy atom. The molecule has 0 aliphatic carbocycles. The number of hydrogen-bond acceptors (Lipinski definition) is 7. The molecular weight excluding hydrogens is 625 g/mol. The van der Waals surface area contributed by atoms with E-state index in [2.05, 4.69) is 20.6 Å². The van der Waals surface area contributed by atoms with E-state index in [1.165, 1.54) is 12.1 Å². The normalized spacial score (nSPS) is 17.6. The van der Waals surface area contributed by atoms with Crippen LogP contribution >= 0.6 is 0 Å². The largest absolute Gasteiger partial charge is 0.372 e. The van der Waals surface area contributed by atoms with E-state index in [1.54, 1.807) is 65.0 Å². The lowest BCUT2D eigenvalue weighted by molar-refractivity contribution is -0.141. The molecule has 260 valence electrons. The second-order valence-corrected chi connectivity index (χ2v) is 13.7. The highest BCUT2D eigenvalue weighted by Gasteiger charge is 2.44. The van der Waals surface area contributed by atoms with E-state index in [-0.39, 0.29) is 41.9 Å². The number of imidazole rings is 1. The number of halogens is 1. The second kappa shape index (κ2) is 15.7. The number of nitrogens with one attached hydrogen (secondary N) is 2. The number of amides is 3. The SMILES string of the molecule is CNC(C)C(=O)NC(C(=O)N1CC(OCc2ccccc2)CC1CN(CCc1ccc(F)cc1)C(=O)c1cn2cccnc2n1)C(C)(C)C. The van der Waals surface area contributed by atoms with Crippen molar-refractivity contribution in [3.05, 3.63) is 102 Å². The summed E-state index contributed by atoms with van der Waals surface area (Å²) in [6, 6.07) is 16.1. The van der Waals surface area contributed by atoms with Crippen LogP contribution in [0.15, 0.2) is 79.3 Å². The van der Waals surface area contributed by atoms with Gasteiger partial charge in [-0.3, -0.25) is 18.8 Å². The number of carbonyl (C=O) groups excluding carboxylic acids is 3. The Morgan fingerprint density at radius 3 is 2.47 bits per heavy atom. The van der Waals surface area contributed by atoms with Gasteiger partial charge in [0.1, 0.15) is 17.6 Å². The molecular formula is C37H46FN7O4. The average molecular weight is 672 g/mol. The molecule has 4 atom stereocenters. The molecule has 3 heterocycles. The zero-order chi connectivity index (χ0) is 35.1. The van der Waals surface area contributed by atoms with Gasteiger partial charge in [0, 0.05) is 38.2 Å². The Bertz CT molecular complexity index is 1690. The van der Waals surface area contributed by atoms with Crippen molar-refractivity contribution in [3.63, 3.8) is 0 Å². The minimum Gasteiger partial charge on any atom is -0.372 e. The second-order valence-electron chi connectivity index (χ2n) is 13.7.